The number of amides is 2. The van der Waals surface area contributed by atoms with E-state index in [0.717, 1.165) is 12.8 Å². The number of carbonyl (C=O) groups excluding carboxylic acids is 2. The highest BCUT2D eigenvalue weighted by Crippen LogP contribution is 2.40. The Morgan fingerprint density at radius 2 is 1.85 bits per heavy atom. The number of carbonyl (C=O) groups is 2. The van der Waals surface area contributed by atoms with E-state index in [0.29, 0.717) is 77.6 Å². The maximum Gasteiger partial charge on any atom is 0.410 e. The summed E-state index contributed by atoms with van der Waals surface area (Å²) in [4.78, 5) is 35.4. The van der Waals surface area contributed by atoms with Gasteiger partial charge in [-0.05, 0) is 71.4 Å². The number of methoxy groups -OCH3 is 1. The molecule has 1 aliphatic carbocycles. The maximum absolute atomic E-state index is 14.9. The monoisotopic (exact) mass is 552 g/mol. The Morgan fingerprint density at radius 3 is 2.50 bits per heavy atom. The van der Waals surface area contributed by atoms with Crippen molar-refractivity contribution < 1.29 is 28.2 Å². The first kappa shape index (κ1) is 27.7. The smallest absolute Gasteiger partial charge is 0.410 e. The molecule has 9 nitrogen and oxygen atoms in total. The normalized spacial score (nSPS) is 16.2. The second kappa shape index (κ2) is 11.0. The first-order valence-corrected chi connectivity index (χ1v) is 13.8. The molecular weight excluding hydrogens is 515 g/mol. The fourth-order valence-electron chi connectivity index (χ4n) is 5.01. The molecule has 1 saturated heterocycles. The van der Waals surface area contributed by atoms with E-state index < -0.39 is 11.4 Å². The Balaban J connectivity index is 1.37. The number of ether oxygens (including phenoxy) is 3. The minimum Gasteiger partial charge on any atom is -0.494 e. The summed E-state index contributed by atoms with van der Waals surface area (Å²) in [5, 5.41) is 3.12. The third kappa shape index (κ3) is 6.00. The van der Waals surface area contributed by atoms with Gasteiger partial charge in [0.15, 0.2) is 11.6 Å². The van der Waals surface area contributed by atoms with Gasteiger partial charge in [0, 0.05) is 48.2 Å². The number of hydrogen-bond donors (Lipinski definition) is 2. The Labute approximate surface area is 233 Å². The molecule has 2 aliphatic rings. The van der Waals surface area contributed by atoms with Gasteiger partial charge >= 0.3 is 6.09 Å². The van der Waals surface area contributed by atoms with Crippen LogP contribution in [-0.2, 0) is 4.74 Å². The second-order valence-electron chi connectivity index (χ2n) is 11.7. The number of benzene rings is 1. The lowest BCUT2D eigenvalue weighted by molar-refractivity contribution is 0.0199. The van der Waals surface area contributed by atoms with Gasteiger partial charge in [-0.25, -0.2) is 9.18 Å². The van der Waals surface area contributed by atoms with Crippen LogP contribution in [0.2, 0.25) is 0 Å². The number of pyridine rings is 1. The highest BCUT2D eigenvalue weighted by molar-refractivity contribution is 6.09. The lowest BCUT2D eigenvalue weighted by atomic mass is 10.0. The molecule has 2 amide bonds. The average Bonchev–Trinajstić information content (AvgIpc) is 3.66. The molecule has 0 atom stereocenters. The molecule has 0 unspecified atom stereocenters. The van der Waals surface area contributed by atoms with Crippen LogP contribution in [0.1, 0.15) is 62.5 Å². The van der Waals surface area contributed by atoms with Gasteiger partial charge in [0.05, 0.1) is 24.8 Å². The molecule has 5 rings (SSSR count). The molecule has 2 fully saturated rings. The Bertz CT molecular complexity index is 1420. The van der Waals surface area contributed by atoms with Gasteiger partial charge in [0.1, 0.15) is 16.9 Å². The number of piperidine rings is 1. The lowest BCUT2D eigenvalue weighted by Gasteiger charge is -2.33. The number of aromatic amines is 1. The number of aryl methyl sites for hydroxylation is 1. The number of fused-ring (bicyclic) bond motifs is 1. The van der Waals surface area contributed by atoms with Gasteiger partial charge in [0.2, 0.25) is 0 Å². The van der Waals surface area contributed by atoms with E-state index in [1.54, 1.807) is 23.2 Å². The first-order valence-electron chi connectivity index (χ1n) is 13.8. The number of rotatable bonds is 7. The number of hydrogen-bond acceptors (Lipinski definition) is 6. The van der Waals surface area contributed by atoms with Crippen molar-refractivity contribution in [1.82, 2.24) is 20.2 Å². The van der Waals surface area contributed by atoms with Gasteiger partial charge < -0.3 is 29.4 Å². The van der Waals surface area contributed by atoms with Crippen molar-refractivity contribution in [3.63, 3.8) is 0 Å². The summed E-state index contributed by atoms with van der Waals surface area (Å²) in [6.45, 7) is 8.91. The van der Waals surface area contributed by atoms with Crippen LogP contribution in [0, 0.1) is 18.7 Å². The van der Waals surface area contributed by atoms with Crippen LogP contribution in [0.15, 0.2) is 24.4 Å². The molecule has 3 heterocycles. The predicted molar refractivity (Wildman–Crippen MR) is 149 cm³/mol. The zero-order valence-electron chi connectivity index (χ0n) is 23.7. The largest absolute Gasteiger partial charge is 0.494 e. The summed E-state index contributed by atoms with van der Waals surface area (Å²) >= 11 is 0. The minimum atomic E-state index is -0.553. The fourth-order valence-corrected chi connectivity index (χ4v) is 5.01. The van der Waals surface area contributed by atoms with E-state index in [9.17, 15) is 14.0 Å². The van der Waals surface area contributed by atoms with Crippen molar-refractivity contribution in [1.29, 1.82) is 0 Å². The summed E-state index contributed by atoms with van der Waals surface area (Å²) < 4.78 is 31.6. The van der Waals surface area contributed by atoms with Crippen molar-refractivity contribution >= 4 is 23.0 Å². The van der Waals surface area contributed by atoms with Crippen molar-refractivity contribution in [2.24, 2.45) is 5.92 Å². The summed E-state index contributed by atoms with van der Waals surface area (Å²) in [5.74, 6) is 0.406. The van der Waals surface area contributed by atoms with E-state index in [1.165, 1.54) is 13.2 Å². The van der Waals surface area contributed by atoms with Crippen LogP contribution in [0.4, 0.5) is 9.18 Å². The molecule has 2 aromatic heterocycles. The SMILES string of the molecule is COc1cc(OCC2CC2)c(-c2ccnc3c(C(=O)NC4CCN(C(=O)OC(C)(C)C)CC4)c(C)[nH]c23)cc1F. The molecule has 0 bridgehead atoms. The second-order valence-corrected chi connectivity index (χ2v) is 11.7. The third-order valence-corrected chi connectivity index (χ3v) is 7.30. The topological polar surface area (TPSA) is 106 Å². The molecule has 0 spiro atoms. The van der Waals surface area contributed by atoms with Crippen molar-refractivity contribution in [3.8, 4) is 22.6 Å². The van der Waals surface area contributed by atoms with Crippen LogP contribution >= 0.6 is 0 Å². The van der Waals surface area contributed by atoms with Crippen LogP contribution in [0.3, 0.4) is 0 Å². The summed E-state index contributed by atoms with van der Waals surface area (Å²) in [6, 6.07) is 4.69. The van der Waals surface area contributed by atoms with Crippen LogP contribution in [0.25, 0.3) is 22.2 Å². The van der Waals surface area contributed by atoms with Crippen LogP contribution < -0.4 is 14.8 Å². The van der Waals surface area contributed by atoms with Gasteiger partial charge in [-0.2, -0.15) is 0 Å². The molecule has 3 aromatic rings. The minimum absolute atomic E-state index is 0.0863. The Hall–Kier alpha value is -3.82. The number of likely N-dealkylation sites (tertiary alicyclic amines) is 1. The molecule has 0 radical (unpaired) electrons. The number of halogens is 1. The summed E-state index contributed by atoms with van der Waals surface area (Å²) in [7, 11) is 1.42. The molecule has 214 valence electrons. The molecule has 1 aromatic carbocycles. The van der Waals surface area contributed by atoms with Gasteiger partial charge in [-0.15, -0.1) is 0 Å². The summed E-state index contributed by atoms with van der Waals surface area (Å²) in [5.41, 5.74) is 2.93. The zero-order chi connectivity index (χ0) is 28.6. The van der Waals surface area contributed by atoms with Crippen molar-refractivity contribution in [3.05, 3.63) is 41.5 Å². The Kier molecular flexibility index (Phi) is 7.61. The lowest BCUT2D eigenvalue weighted by Crippen LogP contribution is -2.47. The van der Waals surface area contributed by atoms with E-state index in [1.807, 2.05) is 27.7 Å². The van der Waals surface area contributed by atoms with E-state index in [4.69, 9.17) is 14.2 Å². The van der Waals surface area contributed by atoms with E-state index in [-0.39, 0.29) is 23.8 Å². The van der Waals surface area contributed by atoms with E-state index in [2.05, 4.69) is 15.3 Å². The predicted octanol–water partition coefficient (Wildman–Crippen LogP) is 5.60. The molecule has 40 heavy (non-hydrogen) atoms. The zero-order valence-corrected chi connectivity index (χ0v) is 23.7. The standard InChI is InChI=1S/C30H37FN4O5/c1-17-25(28(36)34-19-9-12-35(13-10-19)29(37)40-30(2,3)4)27-26(33-17)20(8-11-32-27)21-14-22(31)24(38-5)15-23(21)39-16-18-6-7-18/h8,11,14-15,18-19,33H,6-7,9-10,12-13,16H2,1-5H3,(H,34,36). The quantitative estimate of drug-likeness (QED) is 0.395. The molecule has 1 saturated carbocycles. The molecule has 1 aliphatic heterocycles. The van der Waals surface area contributed by atoms with Crippen LogP contribution in [-0.4, -0.2) is 65.3 Å². The number of H-pyrrole nitrogens is 1. The summed E-state index contributed by atoms with van der Waals surface area (Å²) in [6.07, 6.45) is 4.78. The van der Waals surface area contributed by atoms with Crippen molar-refractivity contribution in [2.75, 3.05) is 26.8 Å². The van der Waals surface area contributed by atoms with Crippen molar-refractivity contribution in [2.45, 2.75) is 65.0 Å². The number of nitrogens with zero attached hydrogens (tertiary/aromatic N) is 2. The van der Waals surface area contributed by atoms with E-state index >= 15 is 0 Å². The van der Waals surface area contributed by atoms with Gasteiger partial charge in [-0.3, -0.25) is 9.78 Å². The molecule has 2 N–H and O–H groups in total. The number of nitrogens with one attached hydrogen (secondary N) is 2. The third-order valence-electron chi connectivity index (χ3n) is 7.30. The molecule has 10 heteroatoms. The molecular formula is C30H37FN4O5. The Morgan fingerprint density at radius 1 is 1.12 bits per heavy atom. The average molecular weight is 553 g/mol. The highest BCUT2D eigenvalue weighted by atomic mass is 19.1. The fraction of sp³-hybridized carbons (Fsp3) is 0.500. The van der Waals surface area contributed by atoms with Gasteiger partial charge in [0.25, 0.3) is 5.91 Å². The maximum atomic E-state index is 14.9. The first-order chi connectivity index (χ1) is 19.0. The van der Waals surface area contributed by atoms with Crippen LogP contribution in [0.5, 0.6) is 11.5 Å². The highest BCUT2D eigenvalue weighted by Gasteiger charge is 2.29. The van der Waals surface area contributed by atoms with Gasteiger partial charge in [-0.1, -0.05) is 0 Å². The number of aromatic nitrogens is 2.